The molecule has 2 N–H and O–H groups in total. The molecule has 1 saturated heterocycles. The molecule has 19 heavy (non-hydrogen) atoms. The highest BCUT2D eigenvalue weighted by Crippen LogP contribution is 2.32. The number of hydrogen-bond donors (Lipinski definition) is 1. The van der Waals surface area contributed by atoms with Crippen molar-refractivity contribution in [2.75, 3.05) is 13.1 Å². The molecule has 0 spiro atoms. The molecule has 0 aromatic heterocycles. The Labute approximate surface area is 120 Å². The van der Waals surface area contributed by atoms with Gasteiger partial charge in [-0.2, -0.15) is 0 Å². The first-order valence-corrected chi connectivity index (χ1v) is 8.63. The Bertz CT molecular complexity index is 246. The van der Waals surface area contributed by atoms with E-state index in [1.807, 2.05) is 0 Å². The van der Waals surface area contributed by atoms with Crippen molar-refractivity contribution in [3.8, 4) is 0 Å². The molecule has 1 unspecified atom stereocenters. The van der Waals surface area contributed by atoms with Crippen molar-refractivity contribution in [2.24, 2.45) is 11.7 Å². The van der Waals surface area contributed by atoms with Crippen LogP contribution >= 0.6 is 0 Å². The summed E-state index contributed by atoms with van der Waals surface area (Å²) in [4.78, 5) is 2.69. The maximum absolute atomic E-state index is 6.74. The molecule has 1 aliphatic heterocycles. The van der Waals surface area contributed by atoms with Gasteiger partial charge in [0, 0.05) is 11.6 Å². The Kier molecular flexibility index (Phi) is 5.70. The highest BCUT2D eigenvalue weighted by molar-refractivity contribution is 4.96. The molecule has 2 rings (SSSR count). The first-order valence-electron chi connectivity index (χ1n) is 8.63. The van der Waals surface area contributed by atoms with Gasteiger partial charge in [0.15, 0.2) is 0 Å². The third-order valence-electron chi connectivity index (χ3n) is 5.64. The molecule has 1 aliphatic carbocycles. The summed E-state index contributed by atoms with van der Waals surface area (Å²) in [7, 11) is 0. The monoisotopic (exact) mass is 266 g/mol. The molecule has 2 fully saturated rings. The molecule has 0 radical (unpaired) electrons. The highest BCUT2D eigenvalue weighted by atomic mass is 15.2. The molecular weight excluding hydrogens is 232 g/mol. The molecular formula is C17H34N2. The quantitative estimate of drug-likeness (QED) is 0.784. The van der Waals surface area contributed by atoms with Gasteiger partial charge >= 0.3 is 0 Å². The second-order valence-corrected chi connectivity index (χ2v) is 7.33. The fraction of sp³-hybridized carbons (Fsp3) is 1.00. The van der Waals surface area contributed by atoms with Crippen molar-refractivity contribution in [3.05, 3.63) is 0 Å². The topological polar surface area (TPSA) is 29.3 Å². The molecule has 112 valence electrons. The fourth-order valence-electron chi connectivity index (χ4n) is 4.10. The number of likely N-dealkylation sites (tertiary alicyclic amines) is 1. The molecule has 2 aliphatic rings. The summed E-state index contributed by atoms with van der Waals surface area (Å²) in [6.07, 6.45) is 13.9. The van der Waals surface area contributed by atoms with Gasteiger partial charge in [-0.1, -0.05) is 38.5 Å². The SMILES string of the molecule is CC(C)(C(N)C1CCCCCC1)N1CCCCCC1. The van der Waals surface area contributed by atoms with Crippen molar-refractivity contribution in [2.45, 2.75) is 89.6 Å². The first-order chi connectivity index (χ1) is 9.12. The van der Waals surface area contributed by atoms with E-state index in [4.69, 9.17) is 5.73 Å². The smallest absolute Gasteiger partial charge is 0.0306 e. The van der Waals surface area contributed by atoms with Crippen molar-refractivity contribution in [1.82, 2.24) is 4.90 Å². The van der Waals surface area contributed by atoms with E-state index in [2.05, 4.69) is 18.7 Å². The highest BCUT2D eigenvalue weighted by Gasteiger charge is 2.37. The van der Waals surface area contributed by atoms with Gasteiger partial charge in [0.2, 0.25) is 0 Å². The minimum atomic E-state index is 0.180. The van der Waals surface area contributed by atoms with Crippen LogP contribution in [0.1, 0.15) is 78.1 Å². The average Bonchev–Trinajstić information content (AvgIpc) is 2.82. The standard InChI is InChI=1S/C17H34N2/c1-17(2,19-13-9-5-6-10-14-19)16(18)15-11-7-3-4-8-12-15/h15-16H,3-14,18H2,1-2H3. The minimum Gasteiger partial charge on any atom is -0.326 e. The molecule has 0 bridgehead atoms. The predicted octanol–water partition coefficient (Wildman–Crippen LogP) is 3.94. The Morgan fingerprint density at radius 2 is 1.32 bits per heavy atom. The number of rotatable bonds is 3. The van der Waals surface area contributed by atoms with Gasteiger partial charge < -0.3 is 5.73 Å². The molecule has 2 nitrogen and oxygen atoms in total. The van der Waals surface area contributed by atoms with Crippen molar-refractivity contribution >= 4 is 0 Å². The molecule has 0 amide bonds. The Balaban J connectivity index is 1.99. The van der Waals surface area contributed by atoms with Crippen LogP contribution in [0, 0.1) is 5.92 Å². The maximum atomic E-state index is 6.74. The van der Waals surface area contributed by atoms with E-state index in [1.165, 1.54) is 77.3 Å². The van der Waals surface area contributed by atoms with Gasteiger partial charge in [0.05, 0.1) is 0 Å². The lowest BCUT2D eigenvalue weighted by atomic mass is 9.79. The van der Waals surface area contributed by atoms with E-state index in [0.717, 1.165) is 5.92 Å². The summed E-state index contributed by atoms with van der Waals surface area (Å²) < 4.78 is 0. The summed E-state index contributed by atoms with van der Waals surface area (Å²) in [6, 6.07) is 0.351. The largest absolute Gasteiger partial charge is 0.326 e. The molecule has 0 aromatic rings. The fourth-order valence-corrected chi connectivity index (χ4v) is 4.10. The molecule has 0 aromatic carbocycles. The second-order valence-electron chi connectivity index (χ2n) is 7.33. The molecule has 1 saturated carbocycles. The van der Waals surface area contributed by atoms with Crippen LogP contribution in [0.5, 0.6) is 0 Å². The van der Waals surface area contributed by atoms with Crippen molar-refractivity contribution in [3.63, 3.8) is 0 Å². The number of nitrogens with zero attached hydrogens (tertiary/aromatic N) is 1. The number of hydrogen-bond acceptors (Lipinski definition) is 2. The lowest BCUT2D eigenvalue weighted by Crippen LogP contribution is -2.59. The van der Waals surface area contributed by atoms with Crippen LogP contribution < -0.4 is 5.73 Å². The molecule has 1 atom stereocenters. The predicted molar refractivity (Wildman–Crippen MR) is 83.3 cm³/mol. The Hall–Kier alpha value is -0.0800. The molecule has 1 heterocycles. The van der Waals surface area contributed by atoms with E-state index in [9.17, 15) is 0 Å². The van der Waals surface area contributed by atoms with Gasteiger partial charge in [0.1, 0.15) is 0 Å². The van der Waals surface area contributed by atoms with Crippen molar-refractivity contribution < 1.29 is 0 Å². The van der Waals surface area contributed by atoms with E-state index < -0.39 is 0 Å². The summed E-state index contributed by atoms with van der Waals surface area (Å²) in [5.74, 6) is 0.751. The third kappa shape index (κ3) is 3.95. The average molecular weight is 266 g/mol. The van der Waals surface area contributed by atoms with Crippen molar-refractivity contribution in [1.29, 1.82) is 0 Å². The van der Waals surface area contributed by atoms with Crippen LogP contribution in [0.2, 0.25) is 0 Å². The third-order valence-corrected chi connectivity index (χ3v) is 5.64. The number of nitrogens with two attached hydrogens (primary N) is 1. The zero-order chi connectivity index (χ0) is 13.7. The second kappa shape index (κ2) is 7.08. The summed E-state index contributed by atoms with van der Waals surface area (Å²) in [5, 5.41) is 0. The lowest BCUT2D eigenvalue weighted by molar-refractivity contribution is 0.0716. The van der Waals surface area contributed by atoms with E-state index in [-0.39, 0.29) is 5.54 Å². The van der Waals surface area contributed by atoms with E-state index in [1.54, 1.807) is 0 Å². The van der Waals surface area contributed by atoms with Gasteiger partial charge in [-0.25, -0.2) is 0 Å². The Morgan fingerprint density at radius 3 is 1.84 bits per heavy atom. The zero-order valence-corrected chi connectivity index (χ0v) is 13.2. The van der Waals surface area contributed by atoms with Gasteiger partial charge in [-0.3, -0.25) is 4.90 Å². The van der Waals surface area contributed by atoms with Crippen LogP contribution in [0.3, 0.4) is 0 Å². The van der Waals surface area contributed by atoms with Crippen LogP contribution in [0.25, 0.3) is 0 Å². The maximum Gasteiger partial charge on any atom is 0.0306 e. The van der Waals surface area contributed by atoms with E-state index >= 15 is 0 Å². The van der Waals surface area contributed by atoms with Crippen LogP contribution in [0.4, 0.5) is 0 Å². The van der Waals surface area contributed by atoms with Crippen LogP contribution in [0.15, 0.2) is 0 Å². The van der Waals surface area contributed by atoms with Crippen LogP contribution in [-0.2, 0) is 0 Å². The molecule has 2 heteroatoms. The normalized spacial score (nSPS) is 26.7. The summed E-state index contributed by atoms with van der Waals surface area (Å²) in [6.45, 7) is 7.31. The van der Waals surface area contributed by atoms with Gasteiger partial charge in [-0.15, -0.1) is 0 Å². The van der Waals surface area contributed by atoms with Gasteiger partial charge in [0.25, 0.3) is 0 Å². The first kappa shape index (κ1) is 15.3. The Morgan fingerprint density at radius 1 is 0.842 bits per heavy atom. The summed E-state index contributed by atoms with van der Waals surface area (Å²) in [5.41, 5.74) is 6.92. The summed E-state index contributed by atoms with van der Waals surface area (Å²) >= 11 is 0. The van der Waals surface area contributed by atoms with Crippen LogP contribution in [-0.4, -0.2) is 29.6 Å². The van der Waals surface area contributed by atoms with Gasteiger partial charge in [-0.05, 0) is 58.5 Å². The lowest BCUT2D eigenvalue weighted by Gasteiger charge is -2.45. The minimum absolute atomic E-state index is 0.180. The van der Waals surface area contributed by atoms with E-state index in [0.29, 0.717) is 6.04 Å². The zero-order valence-electron chi connectivity index (χ0n) is 13.2.